The van der Waals surface area contributed by atoms with Crippen LogP contribution in [0, 0.1) is 0 Å². The van der Waals surface area contributed by atoms with Crippen LogP contribution in [0.4, 0.5) is 0 Å². The monoisotopic (exact) mass is 330 g/mol. The minimum absolute atomic E-state index is 0.0156. The first kappa shape index (κ1) is 17.4. The van der Waals surface area contributed by atoms with Crippen molar-refractivity contribution in [2.45, 2.75) is 57.6 Å². The molecule has 1 aromatic rings. The number of carbonyl (C=O) groups is 1. The highest BCUT2D eigenvalue weighted by Crippen LogP contribution is 2.15. The van der Waals surface area contributed by atoms with Gasteiger partial charge in [0.1, 0.15) is 0 Å². The molecule has 0 bridgehead atoms. The second-order valence-electron chi connectivity index (χ2n) is 7.09. The zero-order chi connectivity index (χ0) is 16.6. The number of hydrogen-bond acceptors (Lipinski definition) is 3. The topological polar surface area (TPSA) is 41.6 Å². The average molecular weight is 330 g/mol. The SMILES string of the molecule is O=C(NC[C@@H]1CCCCO1)c1cccc(CN2CCCCCC2)c1. The molecule has 0 saturated carbocycles. The number of nitrogens with one attached hydrogen (secondary N) is 1. The molecule has 0 radical (unpaired) electrons. The summed E-state index contributed by atoms with van der Waals surface area (Å²) in [5, 5.41) is 3.03. The molecule has 2 saturated heterocycles. The van der Waals surface area contributed by atoms with Crippen LogP contribution in [-0.2, 0) is 11.3 Å². The molecular formula is C20H30N2O2. The number of hydrogen-bond donors (Lipinski definition) is 1. The normalized spacial score (nSPS) is 22.8. The molecule has 0 spiro atoms. The Balaban J connectivity index is 1.52. The summed E-state index contributed by atoms with van der Waals surface area (Å²) in [5.74, 6) is 0.0156. The summed E-state index contributed by atoms with van der Waals surface area (Å²) < 4.78 is 5.68. The Morgan fingerprint density at radius 3 is 2.71 bits per heavy atom. The molecule has 2 fully saturated rings. The second-order valence-corrected chi connectivity index (χ2v) is 7.09. The zero-order valence-corrected chi connectivity index (χ0v) is 14.6. The van der Waals surface area contributed by atoms with Crippen molar-refractivity contribution in [2.24, 2.45) is 0 Å². The van der Waals surface area contributed by atoms with Crippen molar-refractivity contribution in [1.82, 2.24) is 10.2 Å². The Kier molecular flexibility index (Phi) is 6.67. The molecule has 1 amide bonds. The summed E-state index contributed by atoms with van der Waals surface area (Å²) in [6.45, 7) is 4.75. The lowest BCUT2D eigenvalue weighted by Crippen LogP contribution is -2.35. The summed E-state index contributed by atoms with van der Waals surface area (Å²) in [6, 6.07) is 8.08. The lowest BCUT2D eigenvalue weighted by Gasteiger charge is -2.23. The highest BCUT2D eigenvalue weighted by Gasteiger charge is 2.16. The molecular weight excluding hydrogens is 300 g/mol. The Labute approximate surface area is 145 Å². The summed E-state index contributed by atoms with van der Waals surface area (Å²) >= 11 is 0. The van der Waals surface area contributed by atoms with E-state index < -0.39 is 0 Å². The molecule has 0 aromatic heterocycles. The molecule has 4 heteroatoms. The third-order valence-corrected chi connectivity index (χ3v) is 5.06. The largest absolute Gasteiger partial charge is 0.376 e. The molecule has 24 heavy (non-hydrogen) atoms. The van der Waals surface area contributed by atoms with E-state index in [9.17, 15) is 4.79 Å². The van der Waals surface area contributed by atoms with E-state index in [1.54, 1.807) is 0 Å². The number of amides is 1. The number of rotatable bonds is 5. The summed E-state index contributed by atoms with van der Waals surface area (Å²) in [6.07, 6.45) is 8.86. The average Bonchev–Trinajstić information content (AvgIpc) is 2.89. The Hall–Kier alpha value is -1.39. The predicted molar refractivity (Wildman–Crippen MR) is 96.1 cm³/mol. The van der Waals surface area contributed by atoms with E-state index in [2.05, 4.69) is 16.3 Å². The van der Waals surface area contributed by atoms with Crippen LogP contribution < -0.4 is 5.32 Å². The third-order valence-electron chi connectivity index (χ3n) is 5.06. The fourth-order valence-electron chi connectivity index (χ4n) is 3.64. The second kappa shape index (κ2) is 9.19. The van der Waals surface area contributed by atoms with Crippen LogP contribution in [-0.4, -0.2) is 43.2 Å². The predicted octanol–water partition coefficient (Wildman–Crippen LogP) is 3.36. The fourth-order valence-corrected chi connectivity index (χ4v) is 3.64. The molecule has 1 N–H and O–H groups in total. The molecule has 4 nitrogen and oxygen atoms in total. The van der Waals surface area contributed by atoms with Crippen molar-refractivity contribution < 1.29 is 9.53 Å². The Morgan fingerprint density at radius 1 is 1.12 bits per heavy atom. The van der Waals surface area contributed by atoms with Gasteiger partial charge in [0.2, 0.25) is 0 Å². The van der Waals surface area contributed by atoms with Crippen molar-refractivity contribution in [2.75, 3.05) is 26.2 Å². The maximum atomic E-state index is 12.4. The minimum Gasteiger partial charge on any atom is -0.376 e. The van der Waals surface area contributed by atoms with Gasteiger partial charge in [-0.1, -0.05) is 25.0 Å². The fraction of sp³-hybridized carbons (Fsp3) is 0.650. The van der Waals surface area contributed by atoms with Crippen molar-refractivity contribution in [3.8, 4) is 0 Å². The standard InChI is InChI=1S/C20H30N2O2/c23-20(21-15-19-10-3-6-13-24-19)18-9-7-8-17(14-18)16-22-11-4-1-2-5-12-22/h7-9,14,19H,1-6,10-13,15-16H2,(H,21,23)/t19-/m0/s1. The first-order valence-electron chi connectivity index (χ1n) is 9.52. The van der Waals surface area contributed by atoms with Gasteiger partial charge < -0.3 is 10.1 Å². The van der Waals surface area contributed by atoms with Gasteiger partial charge in [-0.15, -0.1) is 0 Å². The van der Waals surface area contributed by atoms with Crippen molar-refractivity contribution in [3.05, 3.63) is 35.4 Å². The van der Waals surface area contributed by atoms with Gasteiger partial charge in [0.05, 0.1) is 6.10 Å². The molecule has 1 atom stereocenters. The smallest absolute Gasteiger partial charge is 0.251 e. The molecule has 2 aliphatic rings. The van der Waals surface area contributed by atoms with E-state index in [0.29, 0.717) is 6.54 Å². The van der Waals surface area contributed by atoms with Crippen molar-refractivity contribution >= 4 is 5.91 Å². The van der Waals surface area contributed by atoms with Gasteiger partial charge in [0.15, 0.2) is 0 Å². The van der Waals surface area contributed by atoms with E-state index in [4.69, 9.17) is 4.74 Å². The molecule has 0 aliphatic carbocycles. The molecule has 1 aromatic carbocycles. The van der Waals surface area contributed by atoms with E-state index in [0.717, 1.165) is 31.6 Å². The van der Waals surface area contributed by atoms with Gasteiger partial charge in [-0.25, -0.2) is 0 Å². The van der Waals surface area contributed by atoms with Crippen molar-refractivity contribution in [1.29, 1.82) is 0 Å². The van der Waals surface area contributed by atoms with Gasteiger partial charge in [-0.2, -0.15) is 0 Å². The number of ether oxygens (including phenoxy) is 1. The molecule has 132 valence electrons. The van der Waals surface area contributed by atoms with E-state index in [1.807, 2.05) is 18.2 Å². The number of likely N-dealkylation sites (tertiary alicyclic amines) is 1. The van der Waals surface area contributed by atoms with Crippen LogP contribution in [0.25, 0.3) is 0 Å². The number of benzene rings is 1. The number of nitrogens with zero attached hydrogens (tertiary/aromatic N) is 1. The Bertz CT molecular complexity index is 518. The first-order chi connectivity index (χ1) is 11.8. The van der Waals surface area contributed by atoms with Gasteiger partial charge in [0, 0.05) is 25.3 Å². The molecule has 2 heterocycles. The minimum atomic E-state index is 0.0156. The van der Waals surface area contributed by atoms with E-state index in [-0.39, 0.29) is 12.0 Å². The lowest BCUT2D eigenvalue weighted by molar-refractivity contribution is 0.0169. The lowest BCUT2D eigenvalue weighted by atomic mass is 10.1. The summed E-state index contributed by atoms with van der Waals surface area (Å²) in [4.78, 5) is 14.9. The van der Waals surface area contributed by atoms with Gasteiger partial charge in [-0.3, -0.25) is 9.69 Å². The van der Waals surface area contributed by atoms with Gasteiger partial charge >= 0.3 is 0 Å². The number of carbonyl (C=O) groups excluding carboxylic acids is 1. The van der Waals surface area contributed by atoms with Crippen LogP contribution in [0.2, 0.25) is 0 Å². The zero-order valence-electron chi connectivity index (χ0n) is 14.6. The van der Waals surface area contributed by atoms with E-state index >= 15 is 0 Å². The highest BCUT2D eigenvalue weighted by atomic mass is 16.5. The van der Waals surface area contributed by atoms with Crippen LogP contribution in [0.3, 0.4) is 0 Å². The van der Waals surface area contributed by atoms with Crippen LogP contribution in [0.5, 0.6) is 0 Å². The van der Waals surface area contributed by atoms with Crippen LogP contribution >= 0.6 is 0 Å². The molecule has 2 aliphatic heterocycles. The van der Waals surface area contributed by atoms with Crippen molar-refractivity contribution in [3.63, 3.8) is 0 Å². The molecule has 0 unspecified atom stereocenters. The summed E-state index contributed by atoms with van der Waals surface area (Å²) in [7, 11) is 0. The molecule has 3 rings (SSSR count). The van der Waals surface area contributed by atoms with Gasteiger partial charge in [-0.05, 0) is 62.9 Å². The maximum absolute atomic E-state index is 12.4. The van der Waals surface area contributed by atoms with Crippen LogP contribution in [0.1, 0.15) is 60.9 Å². The third kappa shape index (κ3) is 5.32. The van der Waals surface area contributed by atoms with E-state index in [1.165, 1.54) is 50.8 Å². The first-order valence-corrected chi connectivity index (χ1v) is 9.52. The summed E-state index contributed by atoms with van der Waals surface area (Å²) in [5.41, 5.74) is 2.00. The highest BCUT2D eigenvalue weighted by molar-refractivity contribution is 5.94. The quantitative estimate of drug-likeness (QED) is 0.900. The Morgan fingerprint density at radius 2 is 1.96 bits per heavy atom. The van der Waals surface area contributed by atoms with Gasteiger partial charge in [0.25, 0.3) is 5.91 Å². The maximum Gasteiger partial charge on any atom is 0.251 e. The van der Waals surface area contributed by atoms with Crippen LogP contribution in [0.15, 0.2) is 24.3 Å².